The number of aliphatic hydroxyl groups is 1. The number of halogens is 3. The van der Waals surface area contributed by atoms with Gasteiger partial charge in [-0.2, -0.15) is 9.98 Å². The molecule has 1 aromatic heterocycles. The zero-order valence-corrected chi connectivity index (χ0v) is 19.5. The molecular weight excluding hydrogens is 449 g/mol. The molecule has 0 aliphatic heterocycles. The highest BCUT2D eigenvalue weighted by Gasteiger charge is 2.10. The van der Waals surface area contributed by atoms with Gasteiger partial charge in [-0.05, 0) is 38.2 Å². The first-order valence-corrected chi connectivity index (χ1v) is 10.1. The molecule has 11 heteroatoms. The average Bonchev–Trinajstić information content (AvgIpc) is 2.67. The van der Waals surface area contributed by atoms with Crippen LogP contribution in [0.2, 0.25) is 10.0 Å². The number of aliphatic hydroxyl groups excluding tert-OH is 1. The second-order valence-electron chi connectivity index (χ2n) is 6.47. The van der Waals surface area contributed by atoms with E-state index in [0.29, 0.717) is 34.6 Å². The van der Waals surface area contributed by atoms with Crippen LogP contribution in [0.15, 0.2) is 29.3 Å². The largest absolute Gasteiger partial charge is 0.390 e. The zero-order chi connectivity index (χ0) is 21.4. The minimum absolute atomic E-state index is 0. The van der Waals surface area contributed by atoms with Crippen LogP contribution < -0.4 is 16.4 Å². The minimum atomic E-state index is -0.515. The third kappa shape index (κ3) is 8.49. The Kier molecular flexibility index (Phi) is 11.1. The first-order chi connectivity index (χ1) is 13.8. The van der Waals surface area contributed by atoms with Crippen LogP contribution in [0, 0.1) is 6.92 Å². The number of aromatic nitrogens is 2. The smallest absolute Gasteiger partial charge is 0.254 e. The Balaban J connectivity index is 0.00000450. The number of aryl methyl sites for hydroxylation is 1. The van der Waals surface area contributed by atoms with Crippen LogP contribution in [0.25, 0.3) is 0 Å². The molecule has 30 heavy (non-hydrogen) atoms. The van der Waals surface area contributed by atoms with Crippen LogP contribution in [-0.4, -0.2) is 58.2 Å². The van der Waals surface area contributed by atoms with Crippen LogP contribution in [0.5, 0.6) is 0 Å². The van der Waals surface area contributed by atoms with E-state index in [1.165, 1.54) is 0 Å². The lowest BCUT2D eigenvalue weighted by Crippen LogP contribution is -2.36. The Morgan fingerprint density at radius 2 is 1.90 bits per heavy atom. The van der Waals surface area contributed by atoms with Gasteiger partial charge in [-0.15, -0.1) is 12.4 Å². The standard InChI is InChI=1S/C19H27Cl2N7O.ClH/c1-4-28(5-2)11-14(29)10-23-17-8-12(3)24-19(26-17)27-18(22)25-13-6-7-15(20)16(21)9-13;/h6-9,14,29H,4-5,10-11H2,1-3H3,(H4,22,23,24,25,26,27);1H. The molecule has 2 rings (SSSR count). The summed E-state index contributed by atoms with van der Waals surface area (Å²) in [6, 6.07) is 6.82. The molecule has 0 spiro atoms. The molecule has 166 valence electrons. The molecule has 0 radical (unpaired) electrons. The van der Waals surface area contributed by atoms with Gasteiger partial charge in [-0.25, -0.2) is 4.98 Å². The second-order valence-corrected chi connectivity index (χ2v) is 7.28. The molecule has 0 amide bonds. The fraction of sp³-hybridized carbons (Fsp3) is 0.421. The fourth-order valence-electron chi connectivity index (χ4n) is 2.62. The monoisotopic (exact) mass is 475 g/mol. The van der Waals surface area contributed by atoms with E-state index in [9.17, 15) is 5.11 Å². The van der Waals surface area contributed by atoms with Gasteiger partial charge in [-0.3, -0.25) is 0 Å². The van der Waals surface area contributed by atoms with E-state index in [1.54, 1.807) is 24.3 Å². The predicted octanol–water partition coefficient (Wildman–Crippen LogP) is 3.69. The summed E-state index contributed by atoms with van der Waals surface area (Å²) in [4.78, 5) is 15.0. The summed E-state index contributed by atoms with van der Waals surface area (Å²) in [7, 11) is 0. The van der Waals surface area contributed by atoms with Crippen molar-refractivity contribution in [3.05, 3.63) is 40.0 Å². The number of guanidine groups is 1. The summed E-state index contributed by atoms with van der Waals surface area (Å²) in [5, 5.41) is 17.1. The molecule has 0 saturated carbocycles. The molecule has 5 N–H and O–H groups in total. The van der Waals surface area contributed by atoms with Crippen LogP contribution >= 0.6 is 35.6 Å². The van der Waals surface area contributed by atoms with Crippen molar-refractivity contribution >= 4 is 59.0 Å². The van der Waals surface area contributed by atoms with Crippen LogP contribution in [-0.2, 0) is 0 Å². The van der Waals surface area contributed by atoms with Gasteiger partial charge in [0, 0.05) is 30.5 Å². The Hall–Kier alpha value is -1.84. The molecule has 0 fully saturated rings. The van der Waals surface area contributed by atoms with Crippen LogP contribution in [0.1, 0.15) is 19.5 Å². The number of aliphatic imine (C=N–C) groups is 1. The summed E-state index contributed by atoms with van der Waals surface area (Å²) < 4.78 is 0. The molecule has 0 saturated heterocycles. The van der Waals surface area contributed by atoms with E-state index < -0.39 is 6.10 Å². The Bertz CT molecular complexity index is 847. The van der Waals surface area contributed by atoms with Crippen LogP contribution in [0.3, 0.4) is 0 Å². The van der Waals surface area contributed by atoms with Gasteiger partial charge >= 0.3 is 0 Å². The van der Waals surface area contributed by atoms with Gasteiger partial charge in [0.2, 0.25) is 5.96 Å². The maximum Gasteiger partial charge on any atom is 0.254 e. The number of nitrogens with zero attached hydrogens (tertiary/aromatic N) is 4. The van der Waals surface area contributed by atoms with Gasteiger partial charge in [0.15, 0.2) is 0 Å². The van der Waals surface area contributed by atoms with Gasteiger partial charge in [0.05, 0.1) is 16.1 Å². The van der Waals surface area contributed by atoms with E-state index >= 15 is 0 Å². The summed E-state index contributed by atoms with van der Waals surface area (Å²) >= 11 is 11.9. The predicted molar refractivity (Wildman–Crippen MR) is 128 cm³/mol. The number of hydrogen-bond acceptors (Lipinski definition) is 6. The molecule has 0 aliphatic rings. The number of benzene rings is 1. The number of anilines is 2. The summed E-state index contributed by atoms with van der Waals surface area (Å²) in [6.07, 6.45) is -0.515. The van der Waals surface area contributed by atoms with E-state index in [-0.39, 0.29) is 24.3 Å². The molecule has 2 aromatic rings. The Morgan fingerprint density at radius 1 is 1.20 bits per heavy atom. The average molecular weight is 477 g/mol. The zero-order valence-electron chi connectivity index (χ0n) is 17.2. The van der Waals surface area contributed by atoms with E-state index in [4.69, 9.17) is 28.9 Å². The van der Waals surface area contributed by atoms with Gasteiger partial charge in [0.25, 0.3) is 5.95 Å². The quantitative estimate of drug-likeness (QED) is 0.322. The van der Waals surface area contributed by atoms with Crippen molar-refractivity contribution in [2.24, 2.45) is 10.7 Å². The molecular formula is C19H28Cl3N7O. The van der Waals surface area contributed by atoms with Gasteiger partial charge in [-0.1, -0.05) is 37.0 Å². The fourth-order valence-corrected chi connectivity index (χ4v) is 2.92. The maximum atomic E-state index is 10.2. The highest BCUT2D eigenvalue weighted by Crippen LogP contribution is 2.25. The van der Waals surface area contributed by atoms with E-state index in [2.05, 4.69) is 44.3 Å². The van der Waals surface area contributed by atoms with E-state index in [1.807, 2.05) is 6.92 Å². The number of hydrogen-bond donors (Lipinski definition) is 4. The number of likely N-dealkylation sites (N-methyl/N-ethyl adjacent to an activating group) is 1. The van der Waals surface area contributed by atoms with E-state index in [0.717, 1.165) is 18.8 Å². The normalized spacial score (nSPS) is 12.4. The molecule has 1 heterocycles. The molecule has 1 unspecified atom stereocenters. The third-order valence-corrected chi connectivity index (χ3v) is 4.88. The highest BCUT2D eigenvalue weighted by atomic mass is 35.5. The van der Waals surface area contributed by atoms with Crippen molar-refractivity contribution in [3.8, 4) is 0 Å². The van der Waals surface area contributed by atoms with Crippen LogP contribution in [0.4, 0.5) is 17.5 Å². The molecule has 0 aliphatic carbocycles. The summed E-state index contributed by atoms with van der Waals surface area (Å²) in [6.45, 7) is 8.72. The van der Waals surface area contributed by atoms with Gasteiger partial charge in [0.1, 0.15) is 5.82 Å². The highest BCUT2D eigenvalue weighted by molar-refractivity contribution is 6.42. The lowest BCUT2D eigenvalue weighted by atomic mass is 10.3. The molecule has 1 atom stereocenters. The summed E-state index contributed by atoms with van der Waals surface area (Å²) in [5.41, 5.74) is 7.32. The Morgan fingerprint density at radius 3 is 2.53 bits per heavy atom. The molecule has 8 nitrogen and oxygen atoms in total. The maximum absolute atomic E-state index is 10.2. The second kappa shape index (κ2) is 12.8. The van der Waals surface area contributed by atoms with Crippen molar-refractivity contribution in [1.29, 1.82) is 0 Å². The van der Waals surface area contributed by atoms with Crippen molar-refractivity contribution in [2.45, 2.75) is 26.9 Å². The summed E-state index contributed by atoms with van der Waals surface area (Å²) in [5.74, 6) is 0.884. The van der Waals surface area contributed by atoms with Crippen molar-refractivity contribution in [2.75, 3.05) is 36.8 Å². The topological polar surface area (TPSA) is 112 Å². The van der Waals surface area contributed by atoms with Crippen molar-refractivity contribution in [3.63, 3.8) is 0 Å². The molecule has 0 bridgehead atoms. The minimum Gasteiger partial charge on any atom is -0.390 e. The lowest BCUT2D eigenvalue weighted by molar-refractivity contribution is 0.128. The number of nitrogens with two attached hydrogens (primary N) is 1. The first kappa shape index (κ1) is 26.2. The number of rotatable bonds is 9. The van der Waals surface area contributed by atoms with Crippen molar-refractivity contribution in [1.82, 2.24) is 14.9 Å². The SMILES string of the molecule is CCN(CC)CC(O)CNc1cc(C)nc(/N=C(\N)Nc2ccc(Cl)c(Cl)c2)n1.Cl. The Labute approximate surface area is 193 Å². The molecule has 1 aromatic carbocycles. The van der Waals surface area contributed by atoms with Crippen molar-refractivity contribution < 1.29 is 5.11 Å². The van der Waals surface area contributed by atoms with Gasteiger partial charge < -0.3 is 26.4 Å². The first-order valence-electron chi connectivity index (χ1n) is 9.36. The lowest BCUT2D eigenvalue weighted by Gasteiger charge is -2.22. The number of nitrogens with one attached hydrogen (secondary N) is 2. The third-order valence-electron chi connectivity index (χ3n) is 4.14.